The predicted octanol–water partition coefficient (Wildman–Crippen LogP) is 8.38. The minimum Gasteiger partial charge on any atom is -0.508 e. The van der Waals surface area contributed by atoms with E-state index < -0.39 is 0 Å². The number of rotatable bonds is 16. The fourth-order valence-corrected chi connectivity index (χ4v) is 3.96. The van der Waals surface area contributed by atoms with Gasteiger partial charge in [0, 0.05) is 5.56 Å². The Morgan fingerprint density at radius 1 is 0.704 bits per heavy atom. The van der Waals surface area contributed by atoms with E-state index in [0.29, 0.717) is 11.7 Å². The maximum Gasteiger partial charge on any atom is 0.122 e. The zero-order valence-corrected chi connectivity index (χ0v) is 18.2. The molecule has 156 valence electrons. The summed E-state index contributed by atoms with van der Waals surface area (Å²) in [5.41, 5.74) is 1.65. The highest BCUT2D eigenvalue weighted by molar-refractivity contribution is 5.46. The fraction of sp³-hybridized carbons (Fsp3) is 0.760. The van der Waals surface area contributed by atoms with Crippen LogP contribution in [0.2, 0.25) is 0 Å². The first-order valence-corrected chi connectivity index (χ1v) is 11.6. The molecule has 0 radical (unpaired) electrons. The highest BCUT2D eigenvalue weighted by atomic mass is 16.3. The Morgan fingerprint density at radius 3 is 1.63 bits per heavy atom. The molecule has 0 spiro atoms. The molecule has 0 heterocycles. The molecule has 27 heavy (non-hydrogen) atoms. The lowest BCUT2D eigenvalue weighted by atomic mass is 9.92. The summed E-state index contributed by atoms with van der Waals surface area (Å²) in [6, 6.07) is 3.34. The van der Waals surface area contributed by atoms with Gasteiger partial charge in [0.1, 0.15) is 11.5 Å². The number of phenols is 2. The average Bonchev–Trinajstić information content (AvgIpc) is 2.64. The van der Waals surface area contributed by atoms with Crippen LogP contribution in [0.4, 0.5) is 0 Å². The molecule has 1 atom stereocenters. The van der Waals surface area contributed by atoms with Gasteiger partial charge >= 0.3 is 0 Å². The number of aryl methyl sites for hydroxylation is 1. The normalized spacial score (nSPS) is 12.4. The minimum atomic E-state index is 0.258. The third-order valence-corrected chi connectivity index (χ3v) is 5.84. The standard InChI is InChI=1S/C25H44O2/c1-4-5-6-7-8-9-10-11-12-13-14-15-16-17-18-21(2)24-20-23(26)19-22(3)25(24)27/h19-21,26-27H,4-18H2,1-3H3. The van der Waals surface area contributed by atoms with Gasteiger partial charge in [0.2, 0.25) is 0 Å². The first-order chi connectivity index (χ1) is 13.1. The summed E-state index contributed by atoms with van der Waals surface area (Å²) in [7, 11) is 0. The molecule has 1 rings (SSSR count). The molecule has 0 fully saturated rings. The molecule has 0 aliphatic rings. The van der Waals surface area contributed by atoms with Crippen molar-refractivity contribution >= 4 is 0 Å². The molecule has 0 saturated heterocycles. The first-order valence-electron chi connectivity index (χ1n) is 11.6. The summed E-state index contributed by atoms with van der Waals surface area (Å²) in [5, 5.41) is 19.9. The summed E-state index contributed by atoms with van der Waals surface area (Å²) < 4.78 is 0. The molecule has 2 N–H and O–H groups in total. The van der Waals surface area contributed by atoms with Crippen molar-refractivity contribution in [1.29, 1.82) is 0 Å². The van der Waals surface area contributed by atoms with E-state index in [9.17, 15) is 10.2 Å². The van der Waals surface area contributed by atoms with E-state index in [-0.39, 0.29) is 5.75 Å². The van der Waals surface area contributed by atoms with Crippen LogP contribution in [0.1, 0.15) is 127 Å². The number of benzene rings is 1. The van der Waals surface area contributed by atoms with Gasteiger partial charge in [-0.05, 0) is 37.0 Å². The largest absolute Gasteiger partial charge is 0.508 e. The lowest BCUT2D eigenvalue weighted by Crippen LogP contribution is -1.96. The van der Waals surface area contributed by atoms with Gasteiger partial charge in [0.15, 0.2) is 0 Å². The van der Waals surface area contributed by atoms with E-state index in [2.05, 4.69) is 13.8 Å². The Balaban J connectivity index is 1.97. The van der Waals surface area contributed by atoms with Crippen molar-refractivity contribution in [2.75, 3.05) is 0 Å². The number of hydrogen-bond donors (Lipinski definition) is 2. The molecular weight excluding hydrogens is 332 g/mol. The Hall–Kier alpha value is -1.18. The van der Waals surface area contributed by atoms with Crippen molar-refractivity contribution in [3.63, 3.8) is 0 Å². The smallest absolute Gasteiger partial charge is 0.122 e. The maximum atomic E-state index is 10.2. The highest BCUT2D eigenvalue weighted by Gasteiger charge is 2.13. The van der Waals surface area contributed by atoms with Crippen LogP contribution < -0.4 is 0 Å². The Bertz CT molecular complexity index is 495. The topological polar surface area (TPSA) is 40.5 Å². The van der Waals surface area contributed by atoms with E-state index in [4.69, 9.17) is 0 Å². The summed E-state index contributed by atoms with van der Waals surface area (Å²) in [6.07, 6.45) is 20.4. The number of hydrogen-bond acceptors (Lipinski definition) is 2. The van der Waals surface area contributed by atoms with Gasteiger partial charge in [-0.3, -0.25) is 0 Å². The van der Waals surface area contributed by atoms with E-state index in [1.165, 1.54) is 89.9 Å². The van der Waals surface area contributed by atoms with Crippen molar-refractivity contribution in [2.45, 2.75) is 123 Å². The van der Waals surface area contributed by atoms with Crippen LogP contribution in [0, 0.1) is 6.92 Å². The Kier molecular flexibility index (Phi) is 13.1. The van der Waals surface area contributed by atoms with E-state index in [1.807, 2.05) is 6.92 Å². The molecule has 0 saturated carbocycles. The number of aromatic hydroxyl groups is 2. The average molecular weight is 377 g/mol. The van der Waals surface area contributed by atoms with Crippen molar-refractivity contribution in [2.24, 2.45) is 0 Å². The first kappa shape index (κ1) is 23.9. The van der Waals surface area contributed by atoms with E-state index in [1.54, 1.807) is 12.1 Å². The van der Waals surface area contributed by atoms with E-state index >= 15 is 0 Å². The molecule has 0 amide bonds. The second kappa shape index (κ2) is 14.8. The summed E-state index contributed by atoms with van der Waals surface area (Å²) >= 11 is 0. The van der Waals surface area contributed by atoms with Crippen LogP contribution in [0.3, 0.4) is 0 Å². The zero-order valence-electron chi connectivity index (χ0n) is 18.2. The van der Waals surface area contributed by atoms with Gasteiger partial charge in [0.25, 0.3) is 0 Å². The lowest BCUT2D eigenvalue weighted by Gasteiger charge is -2.15. The predicted molar refractivity (Wildman–Crippen MR) is 118 cm³/mol. The molecule has 2 heteroatoms. The molecule has 0 aromatic heterocycles. The Labute approximate surface area is 168 Å². The van der Waals surface area contributed by atoms with Crippen LogP contribution in [0.5, 0.6) is 11.5 Å². The molecule has 2 nitrogen and oxygen atoms in total. The lowest BCUT2D eigenvalue weighted by molar-refractivity contribution is 0.441. The van der Waals surface area contributed by atoms with E-state index in [0.717, 1.165) is 17.5 Å². The Morgan fingerprint density at radius 2 is 1.15 bits per heavy atom. The molecule has 0 bridgehead atoms. The molecular formula is C25H44O2. The zero-order chi connectivity index (χ0) is 19.9. The second-order valence-corrected chi connectivity index (χ2v) is 8.49. The SMILES string of the molecule is CCCCCCCCCCCCCCCCC(C)c1cc(O)cc(C)c1O. The van der Waals surface area contributed by atoms with Crippen molar-refractivity contribution in [1.82, 2.24) is 0 Å². The van der Waals surface area contributed by atoms with Gasteiger partial charge in [-0.2, -0.15) is 0 Å². The third-order valence-electron chi connectivity index (χ3n) is 5.84. The number of unbranched alkanes of at least 4 members (excludes halogenated alkanes) is 13. The fourth-order valence-electron chi connectivity index (χ4n) is 3.96. The number of phenolic OH excluding ortho intramolecular Hbond substituents is 2. The molecule has 0 aliphatic heterocycles. The summed E-state index contributed by atoms with van der Waals surface area (Å²) in [5.74, 6) is 0.909. The van der Waals surface area contributed by atoms with Crippen LogP contribution in [0.15, 0.2) is 12.1 Å². The van der Waals surface area contributed by atoms with Crippen LogP contribution >= 0.6 is 0 Å². The van der Waals surface area contributed by atoms with Gasteiger partial charge in [0.05, 0.1) is 0 Å². The van der Waals surface area contributed by atoms with Gasteiger partial charge < -0.3 is 10.2 Å². The van der Waals surface area contributed by atoms with Crippen LogP contribution in [-0.4, -0.2) is 10.2 Å². The molecule has 1 unspecified atom stereocenters. The van der Waals surface area contributed by atoms with Crippen molar-refractivity contribution in [3.05, 3.63) is 23.3 Å². The summed E-state index contributed by atoms with van der Waals surface area (Å²) in [4.78, 5) is 0. The van der Waals surface area contributed by atoms with Gasteiger partial charge in [-0.15, -0.1) is 0 Å². The summed E-state index contributed by atoms with van der Waals surface area (Å²) in [6.45, 7) is 6.27. The van der Waals surface area contributed by atoms with Crippen LogP contribution in [0.25, 0.3) is 0 Å². The molecule has 1 aromatic rings. The maximum absolute atomic E-state index is 10.2. The van der Waals surface area contributed by atoms with Crippen molar-refractivity contribution in [3.8, 4) is 11.5 Å². The van der Waals surface area contributed by atoms with Gasteiger partial charge in [-0.1, -0.05) is 104 Å². The molecule has 1 aromatic carbocycles. The monoisotopic (exact) mass is 376 g/mol. The minimum absolute atomic E-state index is 0.258. The quantitative estimate of drug-likeness (QED) is 0.225. The van der Waals surface area contributed by atoms with Crippen molar-refractivity contribution < 1.29 is 10.2 Å². The molecule has 0 aliphatic carbocycles. The van der Waals surface area contributed by atoms with Crippen LogP contribution in [-0.2, 0) is 0 Å². The highest BCUT2D eigenvalue weighted by Crippen LogP contribution is 2.35. The van der Waals surface area contributed by atoms with Gasteiger partial charge in [-0.25, -0.2) is 0 Å². The second-order valence-electron chi connectivity index (χ2n) is 8.49. The third kappa shape index (κ3) is 10.7.